The summed E-state index contributed by atoms with van der Waals surface area (Å²) in [5.41, 5.74) is 0. The molecule has 1 atom stereocenters. The van der Waals surface area contributed by atoms with Crippen molar-refractivity contribution in [1.29, 1.82) is 0 Å². The van der Waals surface area contributed by atoms with Crippen LogP contribution in [0.4, 0.5) is 0 Å². The van der Waals surface area contributed by atoms with Gasteiger partial charge in [0.15, 0.2) is 6.10 Å². The summed E-state index contributed by atoms with van der Waals surface area (Å²) >= 11 is 0. The van der Waals surface area contributed by atoms with Crippen LogP contribution in [0.1, 0.15) is 361 Å². The van der Waals surface area contributed by atoms with Crippen molar-refractivity contribution in [3.8, 4) is 0 Å². The van der Waals surface area contributed by atoms with Crippen molar-refractivity contribution in [2.24, 2.45) is 0 Å². The van der Waals surface area contributed by atoms with Gasteiger partial charge in [0.05, 0.1) is 0 Å². The zero-order valence-electron chi connectivity index (χ0n) is 54.5. The van der Waals surface area contributed by atoms with Gasteiger partial charge in [0.2, 0.25) is 0 Å². The Morgan fingerprint density at radius 2 is 0.500 bits per heavy atom. The van der Waals surface area contributed by atoms with Crippen LogP contribution < -0.4 is 0 Å². The summed E-state index contributed by atoms with van der Waals surface area (Å²) in [6.45, 7) is 6.49. The smallest absolute Gasteiger partial charge is 0.306 e. The van der Waals surface area contributed by atoms with E-state index in [2.05, 4.69) is 99.8 Å². The minimum Gasteiger partial charge on any atom is -0.462 e. The highest BCUT2D eigenvalue weighted by molar-refractivity contribution is 5.71. The molecule has 0 saturated heterocycles. The van der Waals surface area contributed by atoms with E-state index in [-0.39, 0.29) is 37.5 Å². The fourth-order valence-electron chi connectivity index (χ4n) is 10.4. The van der Waals surface area contributed by atoms with E-state index in [1.165, 1.54) is 225 Å². The lowest BCUT2D eigenvalue weighted by Crippen LogP contribution is -2.30. The first-order chi connectivity index (χ1) is 40.5. The zero-order valence-corrected chi connectivity index (χ0v) is 54.5. The summed E-state index contributed by atoms with van der Waals surface area (Å²) in [5, 5.41) is 0. The maximum atomic E-state index is 12.9. The molecule has 0 radical (unpaired) electrons. The molecule has 0 N–H and O–H groups in total. The lowest BCUT2D eigenvalue weighted by Gasteiger charge is -2.18. The fraction of sp³-hybridized carbons (Fsp3) is 0.776. The van der Waals surface area contributed by atoms with Gasteiger partial charge in [0.1, 0.15) is 13.2 Å². The summed E-state index contributed by atoms with van der Waals surface area (Å²) in [6, 6.07) is 0. The van der Waals surface area contributed by atoms with Crippen molar-refractivity contribution < 1.29 is 28.6 Å². The standard InChI is InChI=1S/C76H134O6/c1-4-7-10-13-16-19-22-25-27-29-31-32-33-34-35-36-37-38-39-40-41-42-43-45-46-48-51-54-57-60-63-66-69-75(78)81-72-73(71-80-74(77)68-65-62-59-56-53-50-24-21-18-15-12-9-6-3)82-76(79)70-67-64-61-58-55-52-49-47-44-30-28-26-23-20-17-14-11-8-5-2/h8,11,17,20-21,24,26,28,44,47,52,55,61,64,73H,4-7,9-10,12-16,18-19,22-23,25,27,29-43,45-46,48-51,53-54,56-60,62-63,65-72H2,1-3H3/b11-8-,20-17-,24-21-,28-26-,47-44-,55-52-,64-61-. The van der Waals surface area contributed by atoms with Crippen LogP contribution in [0.15, 0.2) is 85.1 Å². The van der Waals surface area contributed by atoms with Crippen LogP contribution in [0, 0.1) is 0 Å². The van der Waals surface area contributed by atoms with Gasteiger partial charge in [-0.1, -0.05) is 343 Å². The predicted octanol–water partition coefficient (Wildman–Crippen LogP) is 24.6. The number of ether oxygens (including phenoxy) is 3. The number of hydrogen-bond acceptors (Lipinski definition) is 6. The largest absolute Gasteiger partial charge is 0.462 e. The van der Waals surface area contributed by atoms with E-state index in [0.29, 0.717) is 19.3 Å². The van der Waals surface area contributed by atoms with Gasteiger partial charge in [-0.25, -0.2) is 0 Å². The average Bonchev–Trinajstić information content (AvgIpc) is 3.47. The van der Waals surface area contributed by atoms with Crippen molar-refractivity contribution in [3.63, 3.8) is 0 Å². The lowest BCUT2D eigenvalue weighted by atomic mass is 10.0. The van der Waals surface area contributed by atoms with Gasteiger partial charge in [-0.05, 0) is 83.5 Å². The molecule has 82 heavy (non-hydrogen) atoms. The first-order valence-electron chi connectivity index (χ1n) is 35.6. The molecule has 0 aromatic rings. The Bertz CT molecular complexity index is 1550. The van der Waals surface area contributed by atoms with Gasteiger partial charge >= 0.3 is 17.9 Å². The maximum Gasteiger partial charge on any atom is 0.306 e. The molecular weight excluding hydrogens is 1010 g/mol. The Hall–Kier alpha value is -3.41. The Balaban J connectivity index is 4.22. The molecule has 0 bridgehead atoms. The summed E-state index contributed by atoms with van der Waals surface area (Å²) in [5.74, 6) is -0.986. The predicted molar refractivity (Wildman–Crippen MR) is 358 cm³/mol. The van der Waals surface area contributed by atoms with Crippen LogP contribution in [0.5, 0.6) is 0 Å². The Labute approximate surface area is 509 Å². The van der Waals surface area contributed by atoms with Crippen molar-refractivity contribution >= 4 is 17.9 Å². The Kier molecular flexibility index (Phi) is 67.2. The monoisotopic (exact) mass is 1140 g/mol. The molecule has 6 heteroatoms. The summed E-state index contributed by atoms with van der Waals surface area (Å²) in [7, 11) is 0. The number of rotatable bonds is 65. The fourth-order valence-corrected chi connectivity index (χ4v) is 10.4. The number of carbonyl (C=O) groups excluding carboxylic acids is 3. The van der Waals surface area contributed by atoms with E-state index in [0.717, 1.165) is 89.9 Å². The molecule has 0 aliphatic heterocycles. The van der Waals surface area contributed by atoms with E-state index in [1.54, 1.807) is 0 Å². The number of esters is 3. The van der Waals surface area contributed by atoms with Crippen molar-refractivity contribution in [2.45, 2.75) is 367 Å². The van der Waals surface area contributed by atoms with Crippen LogP contribution in [0.25, 0.3) is 0 Å². The van der Waals surface area contributed by atoms with Crippen LogP contribution >= 0.6 is 0 Å². The molecule has 0 aliphatic rings. The normalized spacial score (nSPS) is 12.6. The maximum absolute atomic E-state index is 12.9. The van der Waals surface area contributed by atoms with Gasteiger partial charge in [0, 0.05) is 19.3 Å². The number of allylic oxidation sites excluding steroid dienone is 14. The Morgan fingerprint density at radius 3 is 0.805 bits per heavy atom. The molecule has 0 rings (SSSR count). The van der Waals surface area contributed by atoms with Crippen LogP contribution in [-0.4, -0.2) is 37.2 Å². The third-order valence-corrected chi connectivity index (χ3v) is 15.6. The number of hydrogen-bond donors (Lipinski definition) is 0. The molecule has 0 heterocycles. The van der Waals surface area contributed by atoms with Gasteiger partial charge in [-0.15, -0.1) is 0 Å². The SMILES string of the molecule is CC/C=C\C/C=C\C/C=C\C/C=C\C/C=C\C/C=C\CCC(=O)OC(COC(=O)CCCCCCC/C=C\CCCCCC)COC(=O)CCCCCCCCCCCCCCCCCCCCCCCCCCCCCCCCCC. The summed E-state index contributed by atoms with van der Waals surface area (Å²) in [4.78, 5) is 38.3. The molecule has 474 valence electrons. The highest BCUT2D eigenvalue weighted by Gasteiger charge is 2.19. The molecule has 1 unspecified atom stereocenters. The molecule has 0 aromatic carbocycles. The van der Waals surface area contributed by atoms with Gasteiger partial charge in [0.25, 0.3) is 0 Å². The molecule has 0 spiro atoms. The number of unbranched alkanes of at least 4 members (excludes halogenated alkanes) is 40. The topological polar surface area (TPSA) is 78.9 Å². The first-order valence-corrected chi connectivity index (χ1v) is 35.6. The van der Waals surface area contributed by atoms with E-state index >= 15 is 0 Å². The average molecular weight is 1140 g/mol. The Morgan fingerprint density at radius 1 is 0.256 bits per heavy atom. The lowest BCUT2D eigenvalue weighted by molar-refractivity contribution is -0.166. The minimum absolute atomic E-state index is 0.107. The van der Waals surface area contributed by atoms with Crippen LogP contribution in [-0.2, 0) is 28.6 Å². The van der Waals surface area contributed by atoms with Gasteiger partial charge < -0.3 is 14.2 Å². The zero-order chi connectivity index (χ0) is 59.2. The van der Waals surface area contributed by atoms with Gasteiger partial charge in [-0.3, -0.25) is 14.4 Å². The van der Waals surface area contributed by atoms with E-state index in [4.69, 9.17) is 14.2 Å². The van der Waals surface area contributed by atoms with Crippen LogP contribution in [0.3, 0.4) is 0 Å². The third kappa shape index (κ3) is 67.4. The second-order valence-corrected chi connectivity index (χ2v) is 23.8. The molecule has 6 nitrogen and oxygen atoms in total. The molecule has 0 amide bonds. The molecule has 0 fully saturated rings. The van der Waals surface area contributed by atoms with E-state index < -0.39 is 6.10 Å². The highest BCUT2D eigenvalue weighted by Crippen LogP contribution is 2.18. The first kappa shape index (κ1) is 78.6. The quantitative estimate of drug-likeness (QED) is 0.0261. The molecule has 0 aromatic heterocycles. The van der Waals surface area contributed by atoms with E-state index in [1.807, 2.05) is 6.08 Å². The second kappa shape index (κ2) is 70.1. The second-order valence-electron chi connectivity index (χ2n) is 23.8. The van der Waals surface area contributed by atoms with Crippen molar-refractivity contribution in [1.82, 2.24) is 0 Å². The highest BCUT2D eigenvalue weighted by atomic mass is 16.6. The molecule has 0 saturated carbocycles. The molecule has 0 aliphatic carbocycles. The van der Waals surface area contributed by atoms with Crippen molar-refractivity contribution in [2.75, 3.05) is 13.2 Å². The van der Waals surface area contributed by atoms with E-state index in [9.17, 15) is 14.4 Å². The summed E-state index contributed by atoms with van der Waals surface area (Å²) < 4.78 is 16.9. The van der Waals surface area contributed by atoms with Gasteiger partial charge in [-0.2, -0.15) is 0 Å². The van der Waals surface area contributed by atoms with Crippen molar-refractivity contribution in [3.05, 3.63) is 85.1 Å². The minimum atomic E-state index is -0.821. The number of carbonyl (C=O) groups is 3. The van der Waals surface area contributed by atoms with Crippen LogP contribution in [0.2, 0.25) is 0 Å². The third-order valence-electron chi connectivity index (χ3n) is 15.6. The molecular formula is C76H134O6. The summed E-state index contributed by atoms with van der Waals surface area (Å²) in [6.07, 6.45) is 93.6.